The van der Waals surface area contributed by atoms with E-state index in [0.29, 0.717) is 6.54 Å². The number of benzene rings is 1. The summed E-state index contributed by atoms with van der Waals surface area (Å²) in [7, 11) is 1.83. The van der Waals surface area contributed by atoms with Crippen molar-refractivity contribution in [1.29, 1.82) is 0 Å². The lowest BCUT2D eigenvalue weighted by Crippen LogP contribution is -2.31. The fourth-order valence-corrected chi connectivity index (χ4v) is 2.54. The normalized spacial score (nSPS) is 17.3. The zero-order valence-corrected chi connectivity index (χ0v) is 9.94. The van der Waals surface area contributed by atoms with Crippen molar-refractivity contribution in [3.05, 3.63) is 46.2 Å². The van der Waals surface area contributed by atoms with Crippen molar-refractivity contribution in [3.8, 4) is 0 Å². The van der Waals surface area contributed by atoms with Crippen LogP contribution in [0.25, 0.3) is 10.9 Å². The van der Waals surface area contributed by atoms with Gasteiger partial charge in [-0.05, 0) is 30.4 Å². The fraction of sp³-hybridized carbons (Fsp3) is 0.357. The van der Waals surface area contributed by atoms with E-state index in [-0.39, 0.29) is 11.0 Å². The van der Waals surface area contributed by atoms with E-state index in [9.17, 15) is 4.79 Å². The van der Waals surface area contributed by atoms with Gasteiger partial charge in [0.15, 0.2) is 0 Å². The second-order valence-corrected chi connectivity index (χ2v) is 4.97. The number of hydrogen-bond acceptors (Lipinski definition) is 2. The molecule has 3 heteroatoms. The Morgan fingerprint density at radius 2 is 2.06 bits per heavy atom. The molecule has 0 bridgehead atoms. The molecule has 1 saturated carbocycles. The van der Waals surface area contributed by atoms with Gasteiger partial charge >= 0.3 is 0 Å². The van der Waals surface area contributed by atoms with Crippen LogP contribution in [0.15, 0.2) is 35.1 Å². The molecule has 0 amide bonds. The number of nitrogens with zero attached hydrogens (tertiary/aromatic N) is 1. The molecule has 0 saturated heterocycles. The van der Waals surface area contributed by atoms with Gasteiger partial charge in [0.1, 0.15) is 0 Å². The first-order chi connectivity index (χ1) is 8.18. The Labute approximate surface area is 99.9 Å². The summed E-state index contributed by atoms with van der Waals surface area (Å²) in [5.74, 6) is 0. The highest BCUT2D eigenvalue weighted by molar-refractivity contribution is 5.79. The zero-order valence-electron chi connectivity index (χ0n) is 9.94. The van der Waals surface area contributed by atoms with Gasteiger partial charge in [-0.25, -0.2) is 0 Å². The van der Waals surface area contributed by atoms with Crippen LogP contribution in [0.4, 0.5) is 0 Å². The minimum Gasteiger partial charge on any atom is -0.330 e. The maximum atomic E-state index is 12.3. The molecule has 3 rings (SSSR count). The van der Waals surface area contributed by atoms with Crippen molar-refractivity contribution in [2.75, 3.05) is 6.54 Å². The largest absolute Gasteiger partial charge is 0.330 e. The molecule has 0 atom stereocenters. The van der Waals surface area contributed by atoms with Crippen LogP contribution in [0.1, 0.15) is 18.4 Å². The van der Waals surface area contributed by atoms with Gasteiger partial charge in [0.2, 0.25) is 0 Å². The van der Waals surface area contributed by atoms with Gasteiger partial charge < -0.3 is 10.3 Å². The first kappa shape index (κ1) is 10.5. The molecule has 0 radical (unpaired) electrons. The lowest BCUT2D eigenvalue weighted by Gasteiger charge is -2.15. The Morgan fingerprint density at radius 3 is 2.71 bits per heavy atom. The van der Waals surface area contributed by atoms with Gasteiger partial charge in [-0.15, -0.1) is 0 Å². The molecule has 2 aromatic rings. The third kappa shape index (κ3) is 1.42. The number of rotatable bonds is 2. The fourth-order valence-electron chi connectivity index (χ4n) is 2.54. The number of pyridine rings is 1. The van der Waals surface area contributed by atoms with Crippen molar-refractivity contribution in [2.45, 2.75) is 18.3 Å². The second-order valence-electron chi connectivity index (χ2n) is 4.97. The van der Waals surface area contributed by atoms with Crippen molar-refractivity contribution >= 4 is 10.9 Å². The van der Waals surface area contributed by atoms with E-state index in [2.05, 4.69) is 0 Å². The molecule has 1 aliphatic carbocycles. The third-order valence-electron chi connectivity index (χ3n) is 3.95. The van der Waals surface area contributed by atoms with Crippen LogP contribution < -0.4 is 11.3 Å². The van der Waals surface area contributed by atoms with Crippen LogP contribution >= 0.6 is 0 Å². The Bertz CT molecular complexity index is 638. The van der Waals surface area contributed by atoms with Crippen LogP contribution in [0.3, 0.4) is 0 Å². The predicted octanol–water partition coefficient (Wildman–Crippen LogP) is 1.53. The molecular weight excluding hydrogens is 212 g/mol. The van der Waals surface area contributed by atoms with Crippen LogP contribution in [0, 0.1) is 0 Å². The van der Waals surface area contributed by atoms with Gasteiger partial charge in [-0.3, -0.25) is 4.79 Å². The zero-order chi connectivity index (χ0) is 12.0. The minimum atomic E-state index is -0.0428. The van der Waals surface area contributed by atoms with Crippen molar-refractivity contribution < 1.29 is 0 Å². The highest BCUT2D eigenvalue weighted by Crippen LogP contribution is 2.46. The second kappa shape index (κ2) is 3.44. The first-order valence-corrected chi connectivity index (χ1v) is 5.97. The molecular formula is C14H16N2O. The summed E-state index contributed by atoms with van der Waals surface area (Å²) in [6, 6.07) is 10.0. The molecule has 1 aliphatic rings. The number of aryl methyl sites for hydroxylation is 1. The number of para-hydroxylation sites is 1. The van der Waals surface area contributed by atoms with E-state index in [1.165, 1.54) is 0 Å². The van der Waals surface area contributed by atoms with Gasteiger partial charge in [0.25, 0.3) is 5.56 Å². The summed E-state index contributed by atoms with van der Waals surface area (Å²) in [5, 5.41) is 1.12. The molecule has 1 aromatic heterocycles. The quantitative estimate of drug-likeness (QED) is 0.847. The van der Waals surface area contributed by atoms with E-state index >= 15 is 0 Å². The monoisotopic (exact) mass is 228 g/mol. The summed E-state index contributed by atoms with van der Waals surface area (Å²) < 4.78 is 1.74. The average molecular weight is 228 g/mol. The average Bonchev–Trinajstić information content (AvgIpc) is 3.15. The lowest BCUT2D eigenvalue weighted by atomic mass is 9.96. The molecule has 1 fully saturated rings. The number of fused-ring (bicyclic) bond motifs is 1. The Morgan fingerprint density at radius 1 is 1.35 bits per heavy atom. The van der Waals surface area contributed by atoms with Crippen molar-refractivity contribution in [1.82, 2.24) is 4.57 Å². The minimum absolute atomic E-state index is 0.0428. The molecule has 0 spiro atoms. The predicted molar refractivity (Wildman–Crippen MR) is 69.2 cm³/mol. The summed E-state index contributed by atoms with van der Waals surface area (Å²) >= 11 is 0. The first-order valence-electron chi connectivity index (χ1n) is 5.97. The standard InChI is InChI=1S/C14H16N2O/c1-16-12-5-3-2-4-10(12)8-11(13(16)17)14(9-15)6-7-14/h2-5,8H,6-7,9,15H2,1H3. The molecule has 2 N–H and O–H groups in total. The van der Waals surface area contributed by atoms with Crippen LogP contribution in [0.5, 0.6) is 0 Å². The number of nitrogens with two attached hydrogens (primary N) is 1. The summed E-state index contributed by atoms with van der Waals surface area (Å²) in [4.78, 5) is 12.3. The summed E-state index contributed by atoms with van der Waals surface area (Å²) in [6.07, 6.45) is 2.08. The van der Waals surface area contributed by atoms with E-state index in [0.717, 1.165) is 29.3 Å². The van der Waals surface area contributed by atoms with Gasteiger partial charge in [-0.1, -0.05) is 18.2 Å². The molecule has 0 unspecified atom stereocenters. The summed E-state index contributed by atoms with van der Waals surface area (Å²) in [5.41, 5.74) is 7.75. The molecule has 88 valence electrons. The number of aromatic nitrogens is 1. The third-order valence-corrected chi connectivity index (χ3v) is 3.95. The van der Waals surface area contributed by atoms with Gasteiger partial charge in [-0.2, -0.15) is 0 Å². The molecule has 1 aromatic carbocycles. The Balaban J connectivity index is 2.34. The van der Waals surface area contributed by atoms with E-state index in [4.69, 9.17) is 5.73 Å². The van der Waals surface area contributed by atoms with Gasteiger partial charge in [0, 0.05) is 24.6 Å². The van der Waals surface area contributed by atoms with Crippen LogP contribution in [-0.2, 0) is 12.5 Å². The SMILES string of the molecule is Cn1c(=O)c(C2(CN)CC2)cc2ccccc21. The maximum Gasteiger partial charge on any atom is 0.254 e. The lowest BCUT2D eigenvalue weighted by molar-refractivity contribution is 0.682. The van der Waals surface area contributed by atoms with Crippen molar-refractivity contribution in [3.63, 3.8) is 0 Å². The van der Waals surface area contributed by atoms with Gasteiger partial charge in [0.05, 0.1) is 5.52 Å². The molecule has 1 heterocycles. The molecule has 17 heavy (non-hydrogen) atoms. The maximum absolute atomic E-state index is 12.3. The van der Waals surface area contributed by atoms with Crippen molar-refractivity contribution in [2.24, 2.45) is 12.8 Å². The Hall–Kier alpha value is -1.61. The van der Waals surface area contributed by atoms with Crippen LogP contribution in [-0.4, -0.2) is 11.1 Å². The highest BCUT2D eigenvalue weighted by atomic mass is 16.1. The van der Waals surface area contributed by atoms with E-state index in [1.807, 2.05) is 37.4 Å². The van der Waals surface area contributed by atoms with E-state index < -0.39 is 0 Å². The topological polar surface area (TPSA) is 48.0 Å². The molecule has 3 nitrogen and oxygen atoms in total. The smallest absolute Gasteiger partial charge is 0.254 e. The summed E-state index contributed by atoms with van der Waals surface area (Å²) in [6.45, 7) is 0.570. The Kier molecular flexibility index (Phi) is 2.13. The van der Waals surface area contributed by atoms with E-state index in [1.54, 1.807) is 4.57 Å². The highest BCUT2D eigenvalue weighted by Gasteiger charge is 2.45. The number of hydrogen-bond donors (Lipinski definition) is 1. The van der Waals surface area contributed by atoms with Crippen LogP contribution in [0.2, 0.25) is 0 Å². The molecule has 0 aliphatic heterocycles.